The molecule has 0 spiro atoms. The van der Waals surface area contributed by atoms with Crippen molar-refractivity contribution >= 4 is 23.4 Å². The van der Waals surface area contributed by atoms with Crippen molar-refractivity contribution in [2.75, 3.05) is 18.1 Å². The Morgan fingerprint density at radius 3 is 2.90 bits per heavy atom. The summed E-state index contributed by atoms with van der Waals surface area (Å²) in [6.45, 7) is 2.11. The lowest BCUT2D eigenvalue weighted by molar-refractivity contribution is 0.338. The molecular weight excluding hydrogens is 168 g/mol. The minimum absolute atomic E-state index is 0.0335. The first-order valence-electron chi connectivity index (χ1n) is 3.34. The highest BCUT2D eigenvalue weighted by molar-refractivity contribution is 7.99. The first-order chi connectivity index (χ1) is 4.81. The minimum Gasteiger partial charge on any atom is -0.391 e. The van der Waals surface area contributed by atoms with Crippen LogP contribution in [0.2, 0.25) is 0 Å². The van der Waals surface area contributed by atoms with Crippen LogP contribution < -0.4 is 0 Å². The van der Waals surface area contributed by atoms with Gasteiger partial charge in [0.15, 0.2) is 0 Å². The molecule has 0 aromatic rings. The second-order valence-corrected chi connectivity index (χ2v) is 3.52. The molecule has 0 saturated carbocycles. The van der Waals surface area contributed by atoms with Gasteiger partial charge >= 0.3 is 0 Å². The Bertz CT molecular complexity index is 104. The summed E-state index contributed by atoms with van der Waals surface area (Å²) in [4.78, 5) is 0. The van der Waals surface area contributed by atoms with Crippen molar-refractivity contribution in [1.29, 1.82) is 0 Å². The molecule has 0 aromatic heterocycles. The van der Waals surface area contributed by atoms with Crippen molar-refractivity contribution in [3.63, 3.8) is 0 Å². The minimum atomic E-state index is -0.0335. The van der Waals surface area contributed by atoms with E-state index < -0.39 is 0 Å². The normalized spacial score (nSPS) is 12.1. The monoisotopic (exact) mass is 180 g/mol. The molecule has 0 amide bonds. The van der Waals surface area contributed by atoms with Crippen molar-refractivity contribution in [3.05, 3.63) is 11.1 Å². The SMILES string of the molecule is CCCSCC=C(Cl)CO. The quantitative estimate of drug-likeness (QED) is 0.655. The topological polar surface area (TPSA) is 20.2 Å². The highest BCUT2D eigenvalue weighted by Gasteiger charge is 1.87. The molecule has 1 N–H and O–H groups in total. The van der Waals surface area contributed by atoms with Gasteiger partial charge in [0.05, 0.1) is 6.61 Å². The summed E-state index contributed by atoms with van der Waals surface area (Å²) >= 11 is 7.37. The Morgan fingerprint density at radius 1 is 1.70 bits per heavy atom. The van der Waals surface area contributed by atoms with Crippen LogP contribution in [0.25, 0.3) is 0 Å². The first kappa shape index (κ1) is 10.3. The predicted molar refractivity (Wildman–Crippen MR) is 48.6 cm³/mol. The zero-order valence-corrected chi connectivity index (χ0v) is 7.71. The lowest BCUT2D eigenvalue weighted by Gasteiger charge is -1.93. The van der Waals surface area contributed by atoms with E-state index in [1.165, 1.54) is 6.42 Å². The van der Waals surface area contributed by atoms with Gasteiger partial charge < -0.3 is 5.11 Å². The zero-order valence-electron chi connectivity index (χ0n) is 6.14. The van der Waals surface area contributed by atoms with Gasteiger partial charge in [0.2, 0.25) is 0 Å². The third-order valence-electron chi connectivity index (χ3n) is 0.922. The third-order valence-corrected chi connectivity index (χ3v) is 2.30. The van der Waals surface area contributed by atoms with Crippen LogP contribution in [0, 0.1) is 0 Å². The van der Waals surface area contributed by atoms with E-state index in [4.69, 9.17) is 16.7 Å². The van der Waals surface area contributed by atoms with Crippen LogP contribution in [-0.4, -0.2) is 23.2 Å². The summed E-state index contributed by atoms with van der Waals surface area (Å²) < 4.78 is 0. The lowest BCUT2D eigenvalue weighted by atomic mass is 10.5. The Balaban J connectivity index is 3.16. The molecule has 0 aliphatic carbocycles. The molecule has 0 rings (SSSR count). The number of thioether (sulfide) groups is 1. The van der Waals surface area contributed by atoms with Gasteiger partial charge in [0, 0.05) is 10.8 Å². The molecule has 1 nitrogen and oxygen atoms in total. The molecule has 0 fully saturated rings. The van der Waals surface area contributed by atoms with Crippen LogP contribution in [0.5, 0.6) is 0 Å². The van der Waals surface area contributed by atoms with E-state index >= 15 is 0 Å². The molecule has 0 radical (unpaired) electrons. The average Bonchev–Trinajstić information content (AvgIpc) is 1.98. The summed E-state index contributed by atoms with van der Waals surface area (Å²) in [5.41, 5.74) is 0. The predicted octanol–water partition coefficient (Wildman–Crippen LogP) is 2.24. The van der Waals surface area contributed by atoms with Crippen molar-refractivity contribution in [1.82, 2.24) is 0 Å². The molecule has 10 heavy (non-hydrogen) atoms. The van der Waals surface area contributed by atoms with Gasteiger partial charge in [0.1, 0.15) is 0 Å². The van der Waals surface area contributed by atoms with E-state index in [0.717, 1.165) is 11.5 Å². The number of halogens is 1. The number of rotatable bonds is 5. The van der Waals surface area contributed by atoms with E-state index in [2.05, 4.69) is 6.92 Å². The summed E-state index contributed by atoms with van der Waals surface area (Å²) in [5, 5.41) is 9.03. The maximum Gasteiger partial charge on any atom is 0.0785 e. The smallest absolute Gasteiger partial charge is 0.0785 e. The fourth-order valence-corrected chi connectivity index (χ4v) is 1.38. The number of hydrogen-bond acceptors (Lipinski definition) is 2. The van der Waals surface area contributed by atoms with E-state index in [1.807, 2.05) is 17.8 Å². The van der Waals surface area contributed by atoms with Crippen LogP contribution in [0.3, 0.4) is 0 Å². The van der Waals surface area contributed by atoms with Gasteiger partial charge in [-0.3, -0.25) is 0 Å². The van der Waals surface area contributed by atoms with Crippen molar-refractivity contribution in [2.24, 2.45) is 0 Å². The van der Waals surface area contributed by atoms with Gasteiger partial charge in [0.25, 0.3) is 0 Å². The fourth-order valence-electron chi connectivity index (χ4n) is 0.442. The Morgan fingerprint density at radius 2 is 2.40 bits per heavy atom. The van der Waals surface area contributed by atoms with Crippen LogP contribution >= 0.6 is 23.4 Å². The number of aliphatic hydroxyl groups is 1. The lowest BCUT2D eigenvalue weighted by Crippen LogP contribution is -1.83. The second-order valence-electron chi connectivity index (χ2n) is 1.88. The molecule has 0 atom stereocenters. The van der Waals surface area contributed by atoms with Gasteiger partial charge in [-0.1, -0.05) is 24.6 Å². The molecule has 0 aromatic carbocycles. The average molecular weight is 181 g/mol. The summed E-state index contributed by atoms with van der Waals surface area (Å²) in [6.07, 6.45) is 3.04. The molecule has 0 aliphatic rings. The van der Waals surface area contributed by atoms with Crippen LogP contribution in [0.1, 0.15) is 13.3 Å². The largest absolute Gasteiger partial charge is 0.391 e. The van der Waals surface area contributed by atoms with Gasteiger partial charge in [-0.2, -0.15) is 11.8 Å². The summed E-state index contributed by atoms with van der Waals surface area (Å²) in [7, 11) is 0. The van der Waals surface area contributed by atoms with Crippen LogP contribution in [-0.2, 0) is 0 Å². The fraction of sp³-hybridized carbons (Fsp3) is 0.714. The third kappa shape index (κ3) is 6.46. The zero-order chi connectivity index (χ0) is 7.82. The Kier molecular flexibility index (Phi) is 7.70. The first-order valence-corrected chi connectivity index (χ1v) is 4.87. The van der Waals surface area contributed by atoms with E-state index in [9.17, 15) is 0 Å². The van der Waals surface area contributed by atoms with Crippen LogP contribution in [0.15, 0.2) is 11.1 Å². The molecule has 3 heteroatoms. The molecule has 0 heterocycles. The van der Waals surface area contributed by atoms with Gasteiger partial charge in [-0.25, -0.2) is 0 Å². The molecule has 0 bridgehead atoms. The van der Waals surface area contributed by atoms with E-state index in [1.54, 1.807) is 0 Å². The van der Waals surface area contributed by atoms with Crippen LogP contribution in [0.4, 0.5) is 0 Å². The molecular formula is C7H13ClOS. The number of aliphatic hydroxyl groups excluding tert-OH is 1. The maximum atomic E-state index is 8.48. The number of hydrogen-bond donors (Lipinski definition) is 1. The summed E-state index contributed by atoms with van der Waals surface area (Å²) in [5.74, 6) is 2.07. The van der Waals surface area contributed by atoms with E-state index in [-0.39, 0.29) is 6.61 Å². The second kappa shape index (κ2) is 7.45. The highest BCUT2D eigenvalue weighted by atomic mass is 35.5. The Labute approximate surface area is 71.5 Å². The molecule has 0 unspecified atom stereocenters. The Hall–Kier alpha value is 0.340. The van der Waals surface area contributed by atoms with Gasteiger partial charge in [-0.05, 0) is 12.2 Å². The van der Waals surface area contributed by atoms with E-state index in [0.29, 0.717) is 5.03 Å². The molecule has 0 aliphatic heterocycles. The van der Waals surface area contributed by atoms with Gasteiger partial charge in [-0.15, -0.1) is 0 Å². The molecule has 0 saturated heterocycles. The standard InChI is InChI=1S/C7H13ClOS/c1-2-4-10-5-3-7(8)6-9/h3,9H,2,4-6H2,1H3. The maximum absolute atomic E-state index is 8.48. The van der Waals surface area contributed by atoms with Crippen molar-refractivity contribution in [3.8, 4) is 0 Å². The van der Waals surface area contributed by atoms with Crippen molar-refractivity contribution < 1.29 is 5.11 Å². The summed E-state index contributed by atoms with van der Waals surface area (Å²) in [6, 6.07) is 0. The molecule has 60 valence electrons. The highest BCUT2D eigenvalue weighted by Crippen LogP contribution is 2.06. The van der Waals surface area contributed by atoms with Crippen molar-refractivity contribution in [2.45, 2.75) is 13.3 Å².